The summed E-state index contributed by atoms with van der Waals surface area (Å²) in [5, 5.41) is 9.00. The Balaban J connectivity index is 1.72. The molecule has 2 unspecified atom stereocenters. The van der Waals surface area contributed by atoms with Gasteiger partial charge in [0.2, 0.25) is 0 Å². The maximum Gasteiger partial charge on any atom is 0.163 e. The molecule has 5 nitrogen and oxygen atoms in total. The van der Waals surface area contributed by atoms with Crippen LogP contribution in [0.2, 0.25) is 0 Å². The number of anilines is 1. The highest BCUT2D eigenvalue weighted by Crippen LogP contribution is 2.35. The molecule has 3 N–H and O–H groups in total. The second kappa shape index (κ2) is 6.54. The Kier molecular flexibility index (Phi) is 4.51. The van der Waals surface area contributed by atoms with Gasteiger partial charge in [0.05, 0.1) is 0 Å². The number of ether oxygens (including phenoxy) is 2. The number of piperidine rings is 1. The summed E-state index contributed by atoms with van der Waals surface area (Å²) in [6.45, 7) is 3.34. The molecule has 116 valence electrons. The van der Waals surface area contributed by atoms with Gasteiger partial charge in [0.1, 0.15) is 13.2 Å². The summed E-state index contributed by atoms with van der Waals surface area (Å²) in [4.78, 5) is 2.33. The lowest BCUT2D eigenvalue weighted by Gasteiger charge is -2.38. The van der Waals surface area contributed by atoms with E-state index in [2.05, 4.69) is 17.0 Å². The molecule has 0 radical (unpaired) electrons. The van der Waals surface area contributed by atoms with Crippen LogP contribution in [0.15, 0.2) is 18.2 Å². The van der Waals surface area contributed by atoms with Gasteiger partial charge in [-0.2, -0.15) is 0 Å². The summed E-state index contributed by atoms with van der Waals surface area (Å²) in [6.07, 6.45) is 2.93. The molecule has 0 spiro atoms. The molecule has 1 saturated heterocycles. The lowest BCUT2D eigenvalue weighted by atomic mass is 9.90. The molecule has 0 aromatic heterocycles. The molecule has 2 aliphatic rings. The third-order valence-corrected chi connectivity index (χ3v) is 4.23. The second-order valence-electron chi connectivity index (χ2n) is 5.96. The van der Waals surface area contributed by atoms with Crippen LogP contribution in [0.4, 0.5) is 5.69 Å². The van der Waals surface area contributed by atoms with Crippen LogP contribution >= 0.6 is 0 Å². The van der Waals surface area contributed by atoms with E-state index >= 15 is 0 Å². The van der Waals surface area contributed by atoms with Crippen LogP contribution in [-0.4, -0.2) is 44.1 Å². The number of aliphatic hydroxyl groups excluding tert-OH is 1. The van der Waals surface area contributed by atoms with Gasteiger partial charge in [0.15, 0.2) is 11.5 Å². The number of hydrogen-bond acceptors (Lipinski definition) is 5. The molecular weight excluding hydrogens is 268 g/mol. The molecule has 5 heteroatoms. The van der Waals surface area contributed by atoms with Crippen molar-refractivity contribution in [1.82, 2.24) is 0 Å². The molecule has 2 aliphatic heterocycles. The molecule has 1 aromatic carbocycles. The zero-order valence-corrected chi connectivity index (χ0v) is 12.3. The number of rotatable bonds is 4. The summed E-state index contributed by atoms with van der Waals surface area (Å²) in [7, 11) is 0. The first-order valence-electron chi connectivity index (χ1n) is 7.77. The Morgan fingerprint density at radius 3 is 2.81 bits per heavy atom. The molecule has 0 aliphatic carbocycles. The summed E-state index contributed by atoms with van der Waals surface area (Å²) in [5.74, 6) is 2.20. The average Bonchev–Trinajstić information content (AvgIpc) is 2.52. The average molecular weight is 292 g/mol. The van der Waals surface area contributed by atoms with Crippen LogP contribution in [-0.2, 0) is 0 Å². The fourth-order valence-corrected chi connectivity index (χ4v) is 3.28. The Bertz CT molecular complexity index is 481. The Labute approximate surface area is 125 Å². The van der Waals surface area contributed by atoms with Gasteiger partial charge in [-0.25, -0.2) is 0 Å². The van der Waals surface area contributed by atoms with E-state index in [0.717, 1.165) is 49.5 Å². The minimum absolute atomic E-state index is 0.190. The Hall–Kier alpha value is -1.46. The topological polar surface area (TPSA) is 68.0 Å². The molecule has 2 atom stereocenters. The first-order chi connectivity index (χ1) is 10.3. The van der Waals surface area contributed by atoms with E-state index < -0.39 is 0 Å². The van der Waals surface area contributed by atoms with Crippen molar-refractivity contribution in [2.24, 2.45) is 11.7 Å². The molecule has 3 rings (SSSR count). The van der Waals surface area contributed by atoms with E-state index in [1.165, 1.54) is 0 Å². The van der Waals surface area contributed by atoms with Gasteiger partial charge in [0.25, 0.3) is 0 Å². The SMILES string of the molecule is NC1CC(CCCO)CN(c2ccc3c(c2)OCCO3)C1. The van der Waals surface area contributed by atoms with Gasteiger partial charge in [-0.15, -0.1) is 0 Å². The summed E-state index contributed by atoms with van der Waals surface area (Å²) in [5.41, 5.74) is 7.34. The highest BCUT2D eigenvalue weighted by atomic mass is 16.6. The first kappa shape index (κ1) is 14.5. The van der Waals surface area contributed by atoms with Gasteiger partial charge in [-0.1, -0.05) is 0 Å². The number of aliphatic hydroxyl groups is 1. The number of nitrogens with two attached hydrogens (primary N) is 1. The fourth-order valence-electron chi connectivity index (χ4n) is 3.28. The summed E-state index contributed by atoms with van der Waals surface area (Å²) >= 11 is 0. The number of hydrogen-bond donors (Lipinski definition) is 2. The maximum atomic E-state index is 9.00. The molecule has 2 heterocycles. The van der Waals surface area contributed by atoms with Gasteiger partial charge in [0, 0.05) is 37.5 Å². The predicted octanol–water partition coefficient (Wildman–Crippen LogP) is 1.38. The Morgan fingerprint density at radius 1 is 1.19 bits per heavy atom. The molecule has 0 saturated carbocycles. The smallest absolute Gasteiger partial charge is 0.163 e. The molecule has 0 bridgehead atoms. The van der Waals surface area contributed by atoms with E-state index in [1.807, 2.05) is 6.07 Å². The molecule has 1 aromatic rings. The van der Waals surface area contributed by atoms with E-state index in [-0.39, 0.29) is 12.6 Å². The Morgan fingerprint density at radius 2 is 2.00 bits per heavy atom. The monoisotopic (exact) mass is 292 g/mol. The minimum atomic E-state index is 0.190. The van der Waals surface area contributed by atoms with Crippen LogP contribution in [0.3, 0.4) is 0 Å². The highest BCUT2D eigenvalue weighted by molar-refractivity contribution is 5.57. The van der Waals surface area contributed by atoms with Gasteiger partial charge in [-0.05, 0) is 37.3 Å². The molecule has 1 fully saturated rings. The second-order valence-corrected chi connectivity index (χ2v) is 5.96. The van der Waals surface area contributed by atoms with Crippen LogP contribution < -0.4 is 20.1 Å². The van der Waals surface area contributed by atoms with Crippen molar-refractivity contribution >= 4 is 5.69 Å². The first-order valence-corrected chi connectivity index (χ1v) is 7.77. The van der Waals surface area contributed by atoms with Crippen LogP contribution in [0, 0.1) is 5.92 Å². The van der Waals surface area contributed by atoms with Crippen LogP contribution in [0.25, 0.3) is 0 Å². The van der Waals surface area contributed by atoms with E-state index in [0.29, 0.717) is 19.1 Å². The molecule has 0 amide bonds. The third-order valence-electron chi connectivity index (χ3n) is 4.23. The van der Waals surface area contributed by atoms with Crippen molar-refractivity contribution in [3.05, 3.63) is 18.2 Å². The molecular formula is C16H24N2O3. The van der Waals surface area contributed by atoms with Crippen LogP contribution in [0.5, 0.6) is 11.5 Å². The van der Waals surface area contributed by atoms with Gasteiger partial charge < -0.3 is 25.2 Å². The van der Waals surface area contributed by atoms with Crippen molar-refractivity contribution in [1.29, 1.82) is 0 Å². The zero-order chi connectivity index (χ0) is 14.7. The van der Waals surface area contributed by atoms with E-state index in [1.54, 1.807) is 0 Å². The van der Waals surface area contributed by atoms with E-state index in [4.69, 9.17) is 20.3 Å². The summed E-state index contributed by atoms with van der Waals surface area (Å²) < 4.78 is 11.2. The van der Waals surface area contributed by atoms with Crippen molar-refractivity contribution in [2.45, 2.75) is 25.3 Å². The maximum absolute atomic E-state index is 9.00. The predicted molar refractivity (Wildman–Crippen MR) is 82.0 cm³/mol. The van der Waals surface area contributed by atoms with Gasteiger partial charge in [-0.3, -0.25) is 0 Å². The third kappa shape index (κ3) is 3.41. The number of fused-ring (bicyclic) bond motifs is 1. The lowest BCUT2D eigenvalue weighted by molar-refractivity contribution is 0.171. The molecule has 21 heavy (non-hydrogen) atoms. The normalized spacial score (nSPS) is 25.0. The van der Waals surface area contributed by atoms with Crippen molar-refractivity contribution in [3.63, 3.8) is 0 Å². The number of benzene rings is 1. The fraction of sp³-hybridized carbons (Fsp3) is 0.625. The quantitative estimate of drug-likeness (QED) is 0.877. The highest BCUT2D eigenvalue weighted by Gasteiger charge is 2.26. The van der Waals surface area contributed by atoms with Crippen molar-refractivity contribution in [2.75, 3.05) is 37.8 Å². The zero-order valence-electron chi connectivity index (χ0n) is 12.3. The van der Waals surface area contributed by atoms with Crippen LogP contribution in [0.1, 0.15) is 19.3 Å². The van der Waals surface area contributed by atoms with Crippen molar-refractivity contribution in [3.8, 4) is 11.5 Å². The standard InChI is InChI=1S/C16H24N2O3/c17-13-8-12(2-1-5-19)10-18(11-13)14-3-4-15-16(9-14)21-7-6-20-15/h3-4,9,12-13,19H,1-2,5-8,10-11,17H2. The van der Waals surface area contributed by atoms with E-state index in [9.17, 15) is 0 Å². The van der Waals surface area contributed by atoms with Gasteiger partial charge >= 0.3 is 0 Å². The lowest BCUT2D eigenvalue weighted by Crippen LogP contribution is -2.47. The van der Waals surface area contributed by atoms with Crippen molar-refractivity contribution < 1.29 is 14.6 Å². The largest absolute Gasteiger partial charge is 0.486 e. The minimum Gasteiger partial charge on any atom is -0.486 e. The summed E-state index contributed by atoms with van der Waals surface area (Å²) in [6, 6.07) is 6.30. The number of nitrogens with zero attached hydrogens (tertiary/aromatic N) is 1.